The molecule has 31 heavy (non-hydrogen) atoms. The Balaban J connectivity index is 1.76. The molecule has 1 aliphatic rings. The summed E-state index contributed by atoms with van der Waals surface area (Å²) in [5.74, 6) is -3.32. The molecule has 0 aliphatic heterocycles. The molecule has 3 unspecified atom stereocenters. The topological polar surface area (TPSA) is 118 Å². The molecule has 1 heterocycles. The molecule has 1 saturated carbocycles. The van der Waals surface area contributed by atoms with Gasteiger partial charge in [-0.25, -0.2) is 9.59 Å². The summed E-state index contributed by atoms with van der Waals surface area (Å²) < 4.78 is 25.3. The smallest absolute Gasteiger partial charge is 0.335 e. The minimum Gasteiger partial charge on any atom is -0.755 e. The van der Waals surface area contributed by atoms with E-state index in [4.69, 9.17) is 11.6 Å². The van der Waals surface area contributed by atoms with Crippen molar-refractivity contribution in [3.8, 4) is 10.4 Å². The quantitative estimate of drug-likeness (QED) is 0.488. The van der Waals surface area contributed by atoms with Crippen LogP contribution in [-0.2, 0) is 16.1 Å². The van der Waals surface area contributed by atoms with Crippen molar-refractivity contribution in [2.24, 2.45) is 0 Å². The van der Waals surface area contributed by atoms with Crippen LogP contribution in [-0.4, -0.2) is 36.5 Å². The molecule has 3 atom stereocenters. The highest BCUT2D eigenvalue weighted by molar-refractivity contribution is 7.81. The maximum absolute atomic E-state index is 12.3. The van der Waals surface area contributed by atoms with Crippen molar-refractivity contribution in [2.75, 3.05) is 4.31 Å². The number of hydrogen-bond acceptors (Lipinski definition) is 5. The second-order valence-electron chi connectivity index (χ2n) is 7.03. The van der Waals surface area contributed by atoms with E-state index in [1.807, 2.05) is 0 Å². The van der Waals surface area contributed by atoms with Crippen LogP contribution in [0.1, 0.15) is 28.3 Å². The normalized spacial score (nSPS) is 20.8. The molecule has 4 rings (SSSR count). The third-order valence-electron chi connectivity index (χ3n) is 5.30. The van der Waals surface area contributed by atoms with Gasteiger partial charge in [0.05, 0.1) is 5.56 Å². The number of hydrogen-bond donors (Lipinski definition) is 2. The second-order valence-corrected chi connectivity index (χ2v) is 9.33. The molecule has 1 fully saturated rings. The van der Waals surface area contributed by atoms with Crippen LogP contribution >= 0.6 is 22.9 Å². The van der Waals surface area contributed by atoms with Crippen molar-refractivity contribution in [3.05, 3.63) is 76.8 Å². The van der Waals surface area contributed by atoms with Gasteiger partial charge in [0.2, 0.25) is 0 Å². The van der Waals surface area contributed by atoms with Crippen LogP contribution in [0.25, 0.3) is 10.4 Å². The van der Waals surface area contributed by atoms with Crippen molar-refractivity contribution in [1.29, 1.82) is 0 Å². The van der Waals surface area contributed by atoms with Crippen molar-refractivity contribution in [3.63, 3.8) is 0 Å². The molecule has 0 amide bonds. The Morgan fingerprint density at radius 3 is 2.39 bits per heavy atom. The number of anilines is 1. The van der Waals surface area contributed by atoms with E-state index in [0.717, 1.165) is 26.1 Å². The van der Waals surface area contributed by atoms with Gasteiger partial charge >= 0.3 is 11.9 Å². The molecule has 0 bridgehead atoms. The summed E-state index contributed by atoms with van der Waals surface area (Å²) in [4.78, 5) is 24.7. The number of nitrogens with zero attached hydrogens (tertiary/aromatic N) is 1. The predicted molar refractivity (Wildman–Crippen MR) is 117 cm³/mol. The Labute approximate surface area is 188 Å². The van der Waals surface area contributed by atoms with Gasteiger partial charge < -0.3 is 14.8 Å². The zero-order valence-electron chi connectivity index (χ0n) is 15.7. The van der Waals surface area contributed by atoms with E-state index in [1.165, 1.54) is 12.1 Å². The number of carbonyl (C=O) groups is 2. The van der Waals surface area contributed by atoms with Crippen molar-refractivity contribution in [2.45, 2.75) is 17.9 Å². The van der Waals surface area contributed by atoms with Crippen LogP contribution in [0.15, 0.2) is 60.7 Å². The van der Waals surface area contributed by atoms with E-state index < -0.39 is 34.7 Å². The molecule has 10 heteroatoms. The van der Waals surface area contributed by atoms with E-state index >= 15 is 0 Å². The minimum atomic E-state index is -2.90. The Bertz CT molecular complexity index is 1190. The molecule has 1 aromatic heterocycles. The van der Waals surface area contributed by atoms with Gasteiger partial charge in [-0.1, -0.05) is 41.9 Å². The number of thiophene rings is 1. The van der Waals surface area contributed by atoms with Crippen LogP contribution in [0.4, 0.5) is 5.00 Å². The number of carboxylic acid groups (broad SMARTS) is 2. The van der Waals surface area contributed by atoms with Crippen molar-refractivity contribution >= 4 is 51.1 Å². The first-order valence-corrected chi connectivity index (χ1v) is 11.3. The first-order valence-electron chi connectivity index (χ1n) is 9.06. The Hall–Kier alpha value is -2.72. The van der Waals surface area contributed by atoms with Crippen molar-refractivity contribution in [1.82, 2.24) is 0 Å². The van der Waals surface area contributed by atoms with E-state index in [9.17, 15) is 28.6 Å². The summed E-state index contributed by atoms with van der Waals surface area (Å²) in [6, 6.07) is 16.3. The molecular formula is C21H15ClNO6S2-. The van der Waals surface area contributed by atoms with Crippen LogP contribution < -0.4 is 4.31 Å². The monoisotopic (exact) mass is 476 g/mol. The lowest BCUT2D eigenvalue weighted by Gasteiger charge is -2.32. The van der Waals surface area contributed by atoms with Gasteiger partial charge in [-0.3, -0.25) is 8.51 Å². The largest absolute Gasteiger partial charge is 0.755 e. The summed E-state index contributed by atoms with van der Waals surface area (Å²) in [5.41, 5.74) is -0.729. The highest BCUT2D eigenvalue weighted by Gasteiger charge is 2.67. The van der Waals surface area contributed by atoms with E-state index in [2.05, 4.69) is 0 Å². The molecule has 0 radical (unpaired) electrons. The molecule has 0 spiro atoms. The highest BCUT2D eigenvalue weighted by atomic mass is 35.5. The second kappa shape index (κ2) is 8.08. The number of benzene rings is 2. The van der Waals surface area contributed by atoms with Crippen LogP contribution in [0.2, 0.25) is 5.02 Å². The highest BCUT2D eigenvalue weighted by Crippen LogP contribution is 2.59. The molecule has 3 aromatic rings. The van der Waals surface area contributed by atoms with Crippen LogP contribution in [0.3, 0.4) is 0 Å². The summed E-state index contributed by atoms with van der Waals surface area (Å²) in [7, 11) is 0. The van der Waals surface area contributed by atoms with Crippen LogP contribution in [0.5, 0.6) is 0 Å². The van der Waals surface area contributed by atoms with Gasteiger partial charge in [0.25, 0.3) is 0 Å². The van der Waals surface area contributed by atoms with Crippen molar-refractivity contribution < 1.29 is 28.6 Å². The van der Waals surface area contributed by atoms with E-state index in [-0.39, 0.29) is 17.0 Å². The maximum atomic E-state index is 12.3. The molecule has 2 N–H and O–H groups in total. The first kappa shape index (κ1) is 21.5. The number of carboxylic acids is 2. The van der Waals surface area contributed by atoms with Gasteiger partial charge in [-0.2, -0.15) is 0 Å². The number of rotatable bonds is 7. The zero-order valence-corrected chi connectivity index (χ0v) is 18.1. The lowest BCUT2D eigenvalue weighted by atomic mass is 10.00. The lowest BCUT2D eigenvalue weighted by Crippen LogP contribution is -2.46. The SMILES string of the molecule is O=C(O)c1ccccc1C1CC1(C(=O)O)N(c1ccc(-c2ccc(Cl)cc2)s1)S(=O)[O-]. The zero-order chi connectivity index (χ0) is 22.3. The van der Waals surface area contributed by atoms with Gasteiger partial charge in [0, 0.05) is 27.1 Å². The Morgan fingerprint density at radius 2 is 1.77 bits per heavy atom. The summed E-state index contributed by atoms with van der Waals surface area (Å²) >= 11 is 4.15. The fourth-order valence-corrected chi connectivity index (χ4v) is 5.94. The molecule has 160 valence electrons. The molecule has 0 saturated heterocycles. The molecule has 2 aromatic carbocycles. The summed E-state index contributed by atoms with van der Waals surface area (Å²) in [6.07, 6.45) is -0.0330. The Morgan fingerprint density at radius 1 is 1.10 bits per heavy atom. The molecule has 1 aliphatic carbocycles. The van der Waals surface area contributed by atoms with Gasteiger partial charge in [0.1, 0.15) is 5.00 Å². The average molecular weight is 477 g/mol. The van der Waals surface area contributed by atoms with Gasteiger partial charge in [0.15, 0.2) is 5.54 Å². The molecular weight excluding hydrogens is 462 g/mol. The number of aromatic carboxylic acids is 1. The maximum Gasteiger partial charge on any atom is 0.335 e. The minimum absolute atomic E-state index is 0.0330. The number of aliphatic carboxylic acids is 1. The number of halogens is 1. The Kier molecular flexibility index (Phi) is 5.61. The summed E-state index contributed by atoms with van der Waals surface area (Å²) in [5, 5.41) is 20.3. The van der Waals surface area contributed by atoms with Crippen LogP contribution in [0, 0.1) is 0 Å². The lowest BCUT2D eigenvalue weighted by molar-refractivity contribution is -0.139. The average Bonchev–Trinajstić information content (AvgIpc) is 3.29. The third kappa shape index (κ3) is 3.74. The molecule has 7 nitrogen and oxygen atoms in total. The van der Waals surface area contributed by atoms with Gasteiger partial charge in [-0.15, -0.1) is 11.3 Å². The predicted octanol–water partition coefficient (Wildman–Crippen LogP) is 4.38. The fraction of sp³-hybridized carbons (Fsp3) is 0.143. The fourth-order valence-electron chi connectivity index (χ4n) is 3.77. The summed E-state index contributed by atoms with van der Waals surface area (Å²) in [6.45, 7) is 0. The first-order chi connectivity index (χ1) is 14.8. The standard InChI is InChI=1S/C21H16ClNO6S2/c22-13-7-5-12(6-8-13)17-9-10-18(30-17)23(31(28)29)21(20(26)27)11-16(21)14-3-1-2-4-15(14)19(24)25/h1-10,16H,11H2,(H,24,25)(H,26,27)(H,28,29)/p-1. The van der Waals surface area contributed by atoms with Gasteiger partial charge in [-0.05, 0) is 47.9 Å². The third-order valence-corrected chi connectivity index (χ3v) is 7.61. The van der Waals surface area contributed by atoms with E-state index in [1.54, 1.807) is 48.5 Å². The van der Waals surface area contributed by atoms with E-state index in [0.29, 0.717) is 10.6 Å².